The second-order valence-corrected chi connectivity index (χ2v) is 6.39. The Kier molecular flexibility index (Phi) is 8.11. The lowest BCUT2D eigenvalue weighted by molar-refractivity contribution is -0.117. The van der Waals surface area contributed by atoms with Gasteiger partial charge in [-0.05, 0) is 37.5 Å². The van der Waals surface area contributed by atoms with Gasteiger partial charge in [-0.1, -0.05) is 12.1 Å². The highest BCUT2D eigenvalue weighted by Crippen LogP contribution is 2.26. The van der Waals surface area contributed by atoms with Crippen LogP contribution in [0.25, 0.3) is 0 Å². The van der Waals surface area contributed by atoms with Crippen molar-refractivity contribution < 1.29 is 9.53 Å². The molecule has 0 bridgehead atoms. The Labute approximate surface area is 136 Å². The summed E-state index contributed by atoms with van der Waals surface area (Å²) in [5.74, 6) is 0.811. The van der Waals surface area contributed by atoms with E-state index in [1.807, 2.05) is 30.0 Å². The van der Waals surface area contributed by atoms with E-state index in [2.05, 4.69) is 11.4 Å². The Bertz CT molecular complexity index is 451. The largest absolute Gasteiger partial charge is 0.381 e. The van der Waals surface area contributed by atoms with Crippen LogP contribution in [0.15, 0.2) is 24.3 Å². The molecular formula is C15H23ClN2O2S. The normalized spacial score (nSPS) is 16.9. The summed E-state index contributed by atoms with van der Waals surface area (Å²) >= 11 is 1.97. The maximum Gasteiger partial charge on any atom is 0.240 e. The number of halogens is 1. The van der Waals surface area contributed by atoms with E-state index in [1.165, 1.54) is 5.56 Å². The molecule has 0 aromatic heterocycles. The number of rotatable bonds is 5. The van der Waals surface area contributed by atoms with Crippen LogP contribution in [0, 0.1) is 0 Å². The molecule has 1 aromatic rings. The van der Waals surface area contributed by atoms with Crippen LogP contribution in [0.1, 0.15) is 25.3 Å². The number of carbonyl (C=O) groups excluding carboxylic acids is 1. The van der Waals surface area contributed by atoms with Crippen molar-refractivity contribution in [1.82, 2.24) is 0 Å². The van der Waals surface area contributed by atoms with Crippen LogP contribution in [0.4, 0.5) is 5.69 Å². The van der Waals surface area contributed by atoms with Crippen molar-refractivity contribution in [2.45, 2.75) is 36.8 Å². The minimum absolute atomic E-state index is 0. The molecule has 1 aromatic carbocycles. The zero-order valence-corrected chi connectivity index (χ0v) is 13.8. The van der Waals surface area contributed by atoms with E-state index in [1.54, 1.807) is 6.92 Å². The highest BCUT2D eigenvalue weighted by atomic mass is 35.5. The summed E-state index contributed by atoms with van der Waals surface area (Å²) in [5, 5.41) is 3.51. The third-order valence-corrected chi connectivity index (χ3v) is 4.70. The molecule has 0 unspecified atom stereocenters. The summed E-state index contributed by atoms with van der Waals surface area (Å²) in [6.45, 7) is 3.44. The molecule has 1 amide bonds. The van der Waals surface area contributed by atoms with E-state index < -0.39 is 6.04 Å². The molecule has 0 radical (unpaired) electrons. The molecule has 3 N–H and O–H groups in total. The van der Waals surface area contributed by atoms with Crippen LogP contribution in [0.2, 0.25) is 0 Å². The Hall–Kier alpha value is -0.750. The van der Waals surface area contributed by atoms with Gasteiger partial charge in [-0.2, -0.15) is 11.8 Å². The fourth-order valence-corrected chi connectivity index (χ4v) is 3.19. The molecule has 1 saturated heterocycles. The van der Waals surface area contributed by atoms with Gasteiger partial charge in [0.05, 0.1) is 6.04 Å². The van der Waals surface area contributed by atoms with Crippen molar-refractivity contribution in [2.24, 2.45) is 5.73 Å². The summed E-state index contributed by atoms with van der Waals surface area (Å²) < 4.78 is 5.36. The van der Waals surface area contributed by atoms with Gasteiger partial charge in [0, 0.05) is 29.9 Å². The highest BCUT2D eigenvalue weighted by Gasteiger charge is 2.14. The fraction of sp³-hybridized carbons (Fsp3) is 0.533. The SMILES string of the molecule is C[C@H](N)C(=O)Nc1cccc(CSC2CCOCC2)c1.Cl. The van der Waals surface area contributed by atoms with E-state index in [9.17, 15) is 4.79 Å². The number of carbonyl (C=O) groups is 1. The summed E-state index contributed by atoms with van der Waals surface area (Å²) in [5.41, 5.74) is 7.59. The van der Waals surface area contributed by atoms with E-state index >= 15 is 0 Å². The first-order valence-corrected chi connectivity index (χ1v) is 8.05. The number of nitrogens with two attached hydrogens (primary N) is 1. The maximum absolute atomic E-state index is 11.6. The van der Waals surface area contributed by atoms with Crippen LogP contribution in [-0.4, -0.2) is 30.4 Å². The van der Waals surface area contributed by atoms with E-state index in [0.29, 0.717) is 5.25 Å². The molecule has 4 nitrogen and oxygen atoms in total. The molecule has 0 aliphatic carbocycles. The van der Waals surface area contributed by atoms with Crippen LogP contribution in [0.3, 0.4) is 0 Å². The average Bonchev–Trinajstić information content (AvgIpc) is 2.46. The molecule has 1 aliphatic heterocycles. The van der Waals surface area contributed by atoms with Crippen LogP contribution in [-0.2, 0) is 15.3 Å². The Morgan fingerprint density at radius 1 is 1.48 bits per heavy atom. The zero-order chi connectivity index (χ0) is 14.4. The molecule has 1 aliphatic rings. The van der Waals surface area contributed by atoms with Crippen molar-refractivity contribution in [3.05, 3.63) is 29.8 Å². The highest BCUT2D eigenvalue weighted by molar-refractivity contribution is 7.99. The fourth-order valence-electron chi connectivity index (χ4n) is 2.05. The third kappa shape index (κ3) is 6.26. The van der Waals surface area contributed by atoms with Crippen LogP contribution in [0.5, 0.6) is 0 Å². The lowest BCUT2D eigenvalue weighted by atomic mass is 10.2. The first-order chi connectivity index (χ1) is 9.65. The second kappa shape index (κ2) is 9.30. The number of nitrogens with one attached hydrogen (secondary N) is 1. The predicted octanol–water partition coefficient (Wildman–Crippen LogP) is 2.81. The smallest absolute Gasteiger partial charge is 0.240 e. The van der Waals surface area contributed by atoms with Gasteiger partial charge in [-0.25, -0.2) is 0 Å². The predicted molar refractivity (Wildman–Crippen MR) is 91.1 cm³/mol. The first-order valence-electron chi connectivity index (χ1n) is 7.00. The van der Waals surface area contributed by atoms with Crippen molar-refractivity contribution in [1.29, 1.82) is 0 Å². The van der Waals surface area contributed by atoms with Crippen LogP contribution < -0.4 is 11.1 Å². The van der Waals surface area contributed by atoms with Gasteiger partial charge in [-0.3, -0.25) is 4.79 Å². The van der Waals surface area contributed by atoms with Gasteiger partial charge < -0.3 is 15.8 Å². The molecule has 1 fully saturated rings. The summed E-state index contributed by atoms with van der Waals surface area (Å²) in [6, 6.07) is 7.48. The quantitative estimate of drug-likeness (QED) is 0.871. The molecule has 1 atom stereocenters. The van der Waals surface area contributed by atoms with Gasteiger partial charge in [0.1, 0.15) is 0 Å². The first kappa shape index (κ1) is 18.3. The van der Waals surface area contributed by atoms with Crippen molar-refractivity contribution in [2.75, 3.05) is 18.5 Å². The van der Waals surface area contributed by atoms with Gasteiger partial charge in [-0.15, -0.1) is 12.4 Å². The van der Waals surface area contributed by atoms with Crippen LogP contribution >= 0.6 is 24.2 Å². The molecule has 21 heavy (non-hydrogen) atoms. The van der Waals surface area contributed by atoms with E-state index in [0.717, 1.165) is 37.5 Å². The lowest BCUT2D eigenvalue weighted by Crippen LogP contribution is -2.32. The number of hydrogen-bond donors (Lipinski definition) is 2. The standard InChI is InChI=1S/C15H22N2O2S.ClH/c1-11(16)15(18)17-13-4-2-3-12(9-13)10-20-14-5-7-19-8-6-14;/h2-4,9,11,14H,5-8,10,16H2,1H3,(H,17,18);1H/t11-;/m0./s1. The summed E-state index contributed by atoms with van der Waals surface area (Å²) in [4.78, 5) is 11.6. The van der Waals surface area contributed by atoms with Gasteiger partial charge in [0.25, 0.3) is 0 Å². The zero-order valence-electron chi connectivity index (χ0n) is 12.2. The Morgan fingerprint density at radius 2 is 2.19 bits per heavy atom. The number of anilines is 1. The minimum Gasteiger partial charge on any atom is -0.381 e. The number of ether oxygens (including phenoxy) is 1. The number of hydrogen-bond acceptors (Lipinski definition) is 4. The number of thioether (sulfide) groups is 1. The number of amides is 1. The molecule has 1 heterocycles. The Morgan fingerprint density at radius 3 is 2.86 bits per heavy atom. The van der Waals surface area contributed by atoms with Gasteiger partial charge >= 0.3 is 0 Å². The molecular weight excluding hydrogens is 308 g/mol. The average molecular weight is 331 g/mol. The van der Waals surface area contributed by atoms with Crippen molar-refractivity contribution in [3.63, 3.8) is 0 Å². The molecule has 118 valence electrons. The van der Waals surface area contributed by atoms with E-state index in [-0.39, 0.29) is 18.3 Å². The van der Waals surface area contributed by atoms with Crippen molar-refractivity contribution >= 4 is 35.8 Å². The minimum atomic E-state index is -0.490. The maximum atomic E-state index is 11.6. The Balaban J connectivity index is 0.00000220. The molecule has 0 saturated carbocycles. The second-order valence-electron chi connectivity index (χ2n) is 5.10. The van der Waals surface area contributed by atoms with Gasteiger partial charge in [0.2, 0.25) is 5.91 Å². The van der Waals surface area contributed by atoms with Crippen molar-refractivity contribution in [3.8, 4) is 0 Å². The molecule has 2 rings (SSSR count). The monoisotopic (exact) mass is 330 g/mol. The molecule has 0 spiro atoms. The molecule has 6 heteroatoms. The van der Waals surface area contributed by atoms with Gasteiger partial charge in [0.15, 0.2) is 0 Å². The topological polar surface area (TPSA) is 64.4 Å². The summed E-state index contributed by atoms with van der Waals surface area (Å²) in [7, 11) is 0. The lowest BCUT2D eigenvalue weighted by Gasteiger charge is -2.21. The summed E-state index contributed by atoms with van der Waals surface area (Å²) in [6.07, 6.45) is 2.26. The van der Waals surface area contributed by atoms with E-state index in [4.69, 9.17) is 10.5 Å². The third-order valence-electron chi connectivity index (χ3n) is 3.26. The number of benzene rings is 1.